The third kappa shape index (κ3) is 5.05. The predicted octanol–water partition coefficient (Wildman–Crippen LogP) is 6.24. The van der Waals surface area contributed by atoms with Crippen molar-refractivity contribution < 1.29 is 4.43 Å². The first-order valence-corrected chi connectivity index (χ1v) is 12.8. The van der Waals surface area contributed by atoms with Gasteiger partial charge in [0.05, 0.1) is 6.61 Å². The predicted molar refractivity (Wildman–Crippen MR) is 123 cm³/mol. The molecule has 1 aromatic carbocycles. The smallest absolute Gasteiger partial charge is 0.192 e. The van der Waals surface area contributed by atoms with E-state index in [-0.39, 0.29) is 5.04 Å². The number of benzene rings is 1. The summed E-state index contributed by atoms with van der Waals surface area (Å²) >= 11 is 0. The van der Waals surface area contributed by atoms with E-state index >= 15 is 0 Å². The fourth-order valence-electron chi connectivity index (χ4n) is 2.81. The van der Waals surface area contributed by atoms with Gasteiger partial charge in [-0.25, -0.2) is 9.97 Å². The molecule has 0 spiro atoms. The average Bonchev–Trinajstić information content (AvgIpc) is 2.71. The van der Waals surface area contributed by atoms with Crippen molar-refractivity contribution >= 4 is 14.4 Å². The van der Waals surface area contributed by atoms with Crippen LogP contribution in [0.25, 0.3) is 28.6 Å². The van der Waals surface area contributed by atoms with Gasteiger partial charge in [0.25, 0.3) is 0 Å². The standard InChI is InChI=1S/C24H29N3OSi/c1-24(2,3)29(4,5)28-18-7-10-20-9-6-11-21(19-12-16-25-17-13-19)22(20)23-26-14-8-15-27-23/h6-17H,18H2,1-5H3/b10-7+. The largest absolute Gasteiger partial charge is 0.413 e. The first kappa shape index (κ1) is 21.1. The molecule has 3 rings (SSSR count). The lowest BCUT2D eigenvalue weighted by molar-refractivity contribution is 0.328. The monoisotopic (exact) mass is 403 g/mol. The molecule has 0 unspecified atom stereocenters. The van der Waals surface area contributed by atoms with Crippen molar-refractivity contribution in [2.24, 2.45) is 0 Å². The molecule has 0 N–H and O–H groups in total. The molecule has 3 aromatic rings. The van der Waals surface area contributed by atoms with Gasteiger partial charge >= 0.3 is 0 Å². The SMILES string of the molecule is CC(C)(C)[Si](C)(C)OC/C=C/c1cccc(-c2ccncc2)c1-c1ncccn1. The number of hydrogen-bond acceptors (Lipinski definition) is 4. The fraction of sp³-hybridized carbons (Fsp3) is 0.292. The summed E-state index contributed by atoms with van der Waals surface area (Å²) in [4.78, 5) is 13.2. The molecule has 4 nitrogen and oxygen atoms in total. The zero-order chi connectivity index (χ0) is 20.9. The van der Waals surface area contributed by atoms with Crippen LogP contribution in [0.4, 0.5) is 0 Å². The number of aromatic nitrogens is 3. The molecule has 0 saturated carbocycles. The number of pyridine rings is 1. The van der Waals surface area contributed by atoms with E-state index in [0.717, 1.165) is 22.3 Å². The Kier molecular flexibility index (Phi) is 6.40. The molecule has 150 valence electrons. The quantitative estimate of drug-likeness (QED) is 0.457. The summed E-state index contributed by atoms with van der Waals surface area (Å²) < 4.78 is 6.29. The van der Waals surface area contributed by atoms with E-state index in [1.54, 1.807) is 24.8 Å². The van der Waals surface area contributed by atoms with Gasteiger partial charge in [-0.3, -0.25) is 4.98 Å². The summed E-state index contributed by atoms with van der Waals surface area (Å²) in [5, 5.41) is 0.200. The third-order valence-corrected chi connectivity index (χ3v) is 10.0. The van der Waals surface area contributed by atoms with Crippen LogP contribution in [0.15, 0.2) is 67.3 Å². The van der Waals surface area contributed by atoms with Crippen molar-refractivity contribution in [3.63, 3.8) is 0 Å². The van der Waals surface area contributed by atoms with Gasteiger partial charge in [0, 0.05) is 30.4 Å². The van der Waals surface area contributed by atoms with Crippen molar-refractivity contribution in [2.75, 3.05) is 6.61 Å². The summed E-state index contributed by atoms with van der Waals surface area (Å²) in [6.07, 6.45) is 11.4. The van der Waals surface area contributed by atoms with Gasteiger partial charge in [-0.1, -0.05) is 51.1 Å². The fourth-order valence-corrected chi connectivity index (χ4v) is 3.75. The summed E-state index contributed by atoms with van der Waals surface area (Å²) in [7, 11) is -1.77. The number of hydrogen-bond donors (Lipinski definition) is 0. The third-order valence-electron chi connectivity index (χ3n) is 5.52. The molecule has 0 fully saturated rings. The van der Waals surface area contributed by atoms with Crippen LogP contribution >= 0.6 is 0 Å². The normalized spacial score (nSPS) is 12.4. The molecule has 5 heteroatoms. The van der Waals surface area contributed by atoms with Crippen LogP contribution in [0.3, 0.4) is 0 Å². The van der Waals surface area contributed by atoms with Gasteiger partial charge in [-0.05, 0) is 53.0 Å². The minimum absolute atomic E-state index is 0.200. The van der Waals surface area contributed by atoms with Gasteiger partial charge in [0.1, 0.15) is 0 Å². The number of nitrogens with zero attached hydrogens (tertiary/aromatic N) is 3. The Labute approximate surface area is 174 Å². The van der Waals surface area contributed by atoms with Gasteiger partial charge in [0.2, 0.25) is 0 Å². The highest BCUT2D eigenvalue weighted by atomic mass is 28.4. The zero-order valence-corrected chi connectivity index (χ0v) is 18.9. The molecule has 0 amide bonds. The van der Waals surface area contributed by atoms with Crippen LogP contribution in [0.1, 0.15) is 26.3 Å². The Morgan fingerprint density at radius 2 is 1.62 bits per heavy atom. The second kappa shape index (κ2) is 8.80. The van der Waals surface area contributed by atoms with Crippen LogP contribution in [-0.4, -0.2) is 29.9 Å². The van der Waals surface area contributed by atoms with E-state index in [2.05, 4.69) is 79.2 Å². The van der Waals surface area contributed by atoms with E-state index in [1.165, 1.54) is 0 Å². The van der Waals surface area contributed by atoms with Crippen LogP contribution in [-0.2, 0) is 4.43 Å². The maximum Gasteiger partial charge on any atom is 0.192 e. The molecule has 2 aromatic heterocycles. The molecule has 0 aliphatic carbocycles. The number of rotatable bonds is 6. The highest BCUT2D eigenvalue weighted by Gasteiger charge is 2.36. The molecule has 29 heavy (non-hydrogen) atoms. The molecular weight excluding hydrogens is 374 g/mol. The van der Waals surface area contributed by atoms with Crippen molar-refractivity contribution in [2.45, 2.75) is 38.9 Å². The lowest BCUT2D eigenvalue weighted by Crippen LogP contribution is -2.40. The van der Waals surface area contributed by atoms with Gasteiger partial charge < -0.3 is 4.43 Å². The highest BCUT2D eigenvalue weighted by Crippen LogP contribution is 2.37. The van der Waals surface area contributed by atoms with Gasteiger partial charge in [-0.15, -0.1) is 0 Å². The van der Waals surface area contributed by atoms with E-state index in [4.69, 9.17) is 4.43 Å². The van der Waals surface area contributed by atoms with Crippen molar-refractivity contribution in [3.8, 4) is 22.5 Å². The van der Waals surface area contributed by atoms with Crippen molar-refractivity contribution in [3.05, 3.63) is 72.8 Å². The second-order valence-corrected chi connectivity index (χ2v) is 13.4. The molecular formula is C24H29N3OSi. The maximum atomic E-state index is 6.29. The van der Waals surface area contributed by atoms with Crippen LogP contribution in [0.2, 0.25) is 18.1 Å². The Balaban J connectivity index is 1.95. The van der Waals surface area contributed by atoms with E-state index in [1.807, 2.05) is 18.2 Å². The van der Waals surface area contributed by atoms with Gasteiger partial charge in [0.15, 0.2) is 14.1 Å². The van der Waals surface area contributed by atoms with E-state index < -0.39 is 8.32 Å². The molecule has 0 atom stereocenters. The summed E-state index contributed by atoms with van der Waals surface area (Å²) in [5.74, 6) is 0.713. The second-order valence-electron chi connectivity index (χ2n) is 8.55. The topological polar surface area (TPSA) is 47.9 Å². The lowest BCUT2D eigenvalue weighted by atomic mass is 9.95. The van der Waals surface area contributed by atoms with Crippen LogP contribution in [0.5, 0.6) is 0 Å². The molecule has 0 aliphatic heterocycles. The Morgan fingerprint density at radius 1 is 0.931 bits per heavy atom. The van der Waals surface area contributed by atoms with Crippen LogP contribution < -0.4 is 0 Å². The van der Waals surface area contributed by atoms with E-state index in [0.29, 0.717) is 12.4 Å². The zero-order valence-electron chi connectivity index (χ0n) is 17.9. The maximum absolute atomic E-state index is 6.29. The average molecular weight is 404 g/mol. The summed E-state index contributed by atoms with van der Waals surface area (Å²) in [6, 6.07) is 12.1. The first-order chi connectivity index (χ1) is 13.8. The molecule has 0 bridgehead atoms. The van der Waals surface area contributed by atoms with Crippen LogP contribution in [0, 0.1) is 0 Å². The lowest BCUT2D eigenvalue weighted by Gasteiger charge is -2.35. The Morgan fingerprint density at radius 3 is 2.28 bits per heavy atom. The minimum Gasteiger partial charge on any atom is -0.413 e. The molecule has 0 aliphatic rings. The first-order valence-electron chi connectivity index (χ1n) is 9.91. The van der Waals surface area contributed by atoms with Crippen molar-refractivity contribution in [1.29, 1.82) is 0 Å². The highest BCUT2D eigenvalue weighted by molar-refractivity contribution is 6.74. The Bertz CT molecular complexity index is 964. The molecule has 2 heterocycles. The van der Waals surface area contributed by atoms with E-state index in [9.17, 15) is 0 Å². The minimum atomic E-state index is -1.77. The Hall–Kier alpha value is -2.63. The summed E-state index contributed by atoms with van der Waals surface area (Å²) in [5.41, 5.74) is 4.27. The molecule has 0 radical (unpaired) electrons. The van der Waals surface area contributed by atoms with Crippen molar-refractivity contribution in [1.82, 2.24) is 15.0 Å². The summed E-state index contributed by atoms with van der Waals surface area (Å²) in [6.45, 7) is 11.9. The van der Waals surface area contributed by atoms with Gasteiger partial charge in [-0.2, -0.15) is 0 Å². The molecule has 0 saturated heterocycles.